The molecule has 0 unspecified atom stereocenters. The van der Waals surface area contributed by atoms with Crippen molar-refractivity contribution in [3.63, 3.8) is 0 Å². The summed E-state index contributed by atoms with van der Waals surface area (Å²) in [6, 6.07) is 15.2. The van der Waals surface area contributed by atoms with E-state index in [0.717, 1.165) is 0 Å². The number of nitrogens with zero attached hydrogens (tertiary/aromatic N) is 2. The number of fused-ring (bicyclic) bond motifs is 1. The molecule has 0 saturated carbocycles. The highest BCUT2D eigenvalue weighted by atomic mass is 35.5. The zero-order valence-corrected chi connectivity index (χ0v) is 20.3. The zero-order valence-electron chi connectivity index (χ0n) is 18.8. The lowest BCUT2D eigenvalue weighted by atomic mass is 9.98. The smallest absolute Gasteiger partial charge is 0.184 e. The minimum absolute atomic E-state index is 0.0110. The summed E-state index contributed by atoms with van der Waals surface area (Å²) in [6.07, 6.45) is 2.53. The van der Waals surface area contributed by atoms with Crippen LogP contribution in [-0.2, 0) is 15.6 Å². The van der Waals surface area contributed by atoms with Crippen LogP contribution in [0, 0.1) is 5.82 Å². The van der Waals surface area contributed by atoms with Gasteiger partial charge in [-0.2, -0.15) is 0 Å². The number of hydrogen-bond donors (Lipinski definition) is 1. The molecular weight excluding hydrogens is 507 g/mol. The Kier molecular flexibility index (Phi) is 6.11. The van der Waals surface area contributed by atoms with Crippen molar-refractivity contribution in [2.75, 3.05) is 7.11 Å². The van der Waals surface area contributed by atoms with Crippen LogP contribution in [0.4, 0.5) is 4.39 Å². The molecule has 0 aliphatic carbocycles. The number of sulfone groups is 1. The van der Waals surface area contributed by atoms with Gasteiger partial charge < -0.3 is 14.4 Å². The van der Waals surface area contributed by atoms with Gasteiger partial charge in [0.1, 0.15) is 29.3 Å². The van der Waals surface area contributed by atoms with E-state index in [2.05, 4.69) is 10.1 Å². The molecule has 182 valence electrons. The second-order valence-electron chi connectivity index (χ2n) is 7.99. The molecular formula is C26H18ClFN2O5S. The van der Waals surface area contributed by atoms with Crippen LogP contribution < -0.4 is 4.74 Å². The number of rotatable bonds is 6. The van der Waals surface area contributed by atoms with Crippen molar-refractivity contribution in [1.29, 1.82) is 0 Å². The molecule has 5 rings (SSSR count). The highest BCUT2D eigenvalue weighted by molar-refractivity contribution is 7.90. The summed E-state index contributed by atoms with van der Waals surface area (Å²) >= 11 is 6.58. The second kappa shape index (κ2) is 9.25. The Bertz CT molecular complexity index is 1710. The van der Waals surface area contributed by atoms with Crippen LogP contribution in [0.2, 0.25) is 5.02 Å². The molecule has 2 heterocycles. The molecule has 0 bridgehead atoms. The van der Waals surface area contributed by atoms with Crippen LogP contribution in [-0.4, -0.2) is 30.8 Å². The molecule has 0 amide bonds. The van der Waals surface area contributed by atoms with Crippen LogP contribution in [0.3, 0.4) is 0 Å². The average molecular weight is 525 g/mol. The molecule has 5 aromatic rings. The molecule has 0 radical (unpaired) electrons. The van der Waals surface area contributed by atoms with E-state index in [0.29, 0.717) is 38.5 Å². The molecule has 0 aliphatic heterocycles. The second-order valence-corrected chi connectivity index (χ2v) is 10.4. The number of ether oxygens (including phenoxy) is 1. The van der Waals surface area contributed by atoms with Gasteiger partial charge in [0.05, 0.1) is 29.6 Å². The molecule has 0 spiro atoms. The number of halogens is 2. The summed E-state index contributed by atoms with van der Waals surface area (Å²) in [5.74, 6) is -0.514. The number of aromatic hydroxyl groups is 1. The maximum Gasteiger partial charge on any atom is 0.184 e. The first kappa shape index (κ1) is 23.8. The lowest BCUT2D eigenvalue weighted by Crippen LogP contribution is -2.05. The van der Waals surface area contributed by atoms with E-state index in [-0.39, 0.29) is 27.5 Å². The number of hydrogen-bond acceptors (Lipinski definition) is 7. The number of benzene rings is 3. The molecule has 0 aliphatic rings. The van der Waals surface area contributed by atoms with Crippen molar-refractivity contribution in [3.05, 3.63) is 89.7 Å². The van der Waals surface area contributed by atoms with E-state index in [1.165, 1.54) is 49.9 Å². The van der Waals surface area contributed by atoms with Crippen molar-refractivity contribution in [3.8, 4) is 33.9 Å². The van der Waals surface area contributed by atoms with Crippen LogP contribution in [0.1, 0.15) is 5.69 Å². The van der Waals surface area contributed by atoms with Gasteiger partial charge in [0.25, 0.3) is 0 Å². The van der Waals surface area contributed by atoms with E-state index in [1.54, 1.807) is 30.3 Å². The van der Waals surface area contributed by atoms with Gasteiger partial charge in [-0.15, -0.1) is 0 Å². The van der Waals surface area contributed by atoms with Crippen LogP contribution >= 0.6 is 11.6 Å². The summed E-state index contributed by atoms with van der Waals surface area (Å²) in [7, 11) is -2.27. The summed E-state index contributed by atoms with van der Waals surface area (Å²) < 4.78 is 49.9. The highest BCUT2D eigenvalue weighted by Gasteiger charge is 2.21. The van der Waals surface area contributed by atoms with Gasteiger partial charge in [0.2, 0.25) is 0 Å². The van der Waals surface area contributed by atoms with E-state index in [4.69, 9.17) is 20.9 Å². The molecule has 1 N–H and O–H groups in total. The fourth-order valence-electron chi connectivity index (χ4n) is 3.99. The maximum atomic E-state index is 13.8. The first-order chi connectivity index (χ1) is 17.3. The van der Waals surface area contributed by atoms with Gasteiger partial charge in [-0.05, 0) is 42.0 Å². The van der Waals surface area contributed by atoms with E-state index in [1.807, 2.05) is 0 Å². The van der Waals surface area contributed by atoms with Gasteiger partial charge in [-0.1, -0.05) is 35.0 Å². The minimum Gasteiger partial charge on any atom is -0.506 e. The third kappa shape index (κ3) is 4.38. The molecule has 0 atom stereocenters. The SMILES string of the molecule is COc1cc(-c2cccc(F)c2)c(Cl)cc1-c1ncc(O)c2cc(S(=O)(=O)Cc3ccon3)ccc12. The predicted octanol–water partition coefficient (Wildman–Crippen LogP) is 6.04. The Morgan fingerprint density at radius 1 is 1.06 bits per heavy atom. The highest BCUT2D eigenvalue weighted by Crippen LogP contribution is 2.42. The number of aromatic nitrogens is 2. The third-order valence-electron chi connectivity index (χ3n) is 5.71. The van der Waals surface area contributed by atoms with Gasteiger partial charge in [-0.25, -0.2) is 12.8 Å². The quantitative estimate of drug-likeness (QED) is 0.289. The van der Waals surface area contributed by atoms with Crippen molar-refractivity contribution in [1.82, 2.24) is 10.1 Å². The van der Waals surface area contributed by atoms with Crippen molar-refractivity contribution in [2.24, 2.45) is 0 Å². The monoisotopic (exact) mass is 524 g/mol. The van der Waals surface area contributed by atoms with Crippen molar-refractivity contribution < 1.29 is 27.2 Å². The number of pyridine rings is 1. The number of methoxy groups -OCH3 is 1. The Morgan fingerprint density at radius 3 is 2.61 bits per heavy atom. The van der Waals surface area contributed by atoms with E-state index in [9.17, 15) is 17.9 Å². The third-order valence-corrected chi connectivity index (χ3v) is 7.67. The fraction of sp³-hybridized carbons (Fsp3) is 0.0769. The summed E-state index contributed by atoms with van der Waals surface area (Å²) in [5.41, 5.74) is 2.36. The van der Waals surface area contributed by atoms with E-state index < -0.39 is 15.7 Å². The molecule has 7 nitrogen and oxygen atoms in total. The van der Waals surface area contributed by atoms with Gasteiger partial charge in [-0.3, -0.25) is 4.98 Å². The Balaban J connectivity index is 1.64. The molecule has 0 saturated heterocycles. The normalized spacial score (nSPS) is 11.6. The summed E-state index contributed by atoms with van der Waals surface area (Å²) in [6.45, 7) is 0. The van der Waals surface area contributed by atoms with Crippen LogP contribution in [0.25, 0.3) is 33.2 Å². The lowest BCUT2D eigenvalue weighted by Gasteiger charge is -2.15. The minimum atomic E-state index is -3.76. The molecule has 2 aromatic heterocycles. The first-order valence-corrected chi connectivity index (χ1v) is 12.7. The van der Waals surface area contributed by atoms with Crippen molar-refractivity contribution >= 4 is 32.2 Å². The molecule has 36 heavy (non-hydrogen) atoms. The largest absolute Gasteiger partial charge is 0.506 e. The molecule has 0 fully saturated rings. The van der Waals surface area contributed by atoms with Gasteiger partial charge >= 0.3 is 0 Å². The fourth-order valence-corrected chi connectivity index (χ4v) is 5.54. The summed E-state index contributed by atoms with van der Waals surface area (Å²) in [5, 5.41) is 15.3. The maximum absolute atomic E-state index is 13.8. The Labute approximate surface area is 210 Å². The van der Waals surface area contributed by atoms with E-state index >= 15 is 0 Å². The topological polar surface area (TPSA) is 103 Å². The molecule has 10 heteroatoms. The predicted molar refractivity (Wildman–Crippen MR) is 133 cm³/mol. The van der Waals surface area contributed by atoms with Crippen molar-refractivity contribution in [2.45, 2.75) is 10.6 Å². The summed E-state index contributed by atoms with van der Waals surface area (Å²) in [4.78, 5) is 4.39. The lowest BCUT2D eigenvalue weighted by molar-refractivity contribution is 0.413. The standard InChI is InChI=1S/C26H18ClFN2O5S/c1-34-25-12-20(15-3-2-4-16(28)9-15)23(27)11-22(25)26-19-6-5-18(10-21(19)24(31)13-29-26)36(32,33)14-17-7-8-35-30-17/h2-13,31H,14H2,1H3. The van der Waals surface area contributed by atoms with Crippen LogP contribution in [0.15, 0.2) is 82.5 Å². The molecule has 3 aromatic carbocycles. The van der Waals surface area contributed by atoms with Crippen LogP contribution in [0.5, 0.6) is 11.5 Å². The van der Waals surface area contributed by atoms with Gasteiger partial charge in [0, 0.05) is 33.0 Å². The average Bonchev–Trinajstić information content (AvgIpc) is 3.36. The van der Waals surface area contributed by atoms with Gasteiger partial charge in [0.15, 0.2) is 9.84 Å². The Morgan fingerprint density at radius 2 is 1.89 bits per heavy atom. The first-order valence-electron chi connectivity index (χ1n) is 10.6. The zero-order chi connectivity index (χ0) is 25.4. The Hall–Kier alpha value is -3.95.